The Morgan fingerprint density at radius 3 is 2.65 bits per heavy atom. The molecule has 132 valence electrons. The van der Waals surface area contributed by atoms with Crippen LogP contribution in [-0.4, -0.2) is 10.9 Å². The number of aromatic hydroxyl groups is 1. The number of hydrogen-bond acceptors (Lipinski definition) is 4. The van der Waals surface area contributed by atoms with Crippen molar-refractivity contribution in [3.63, 3.8) is 0 Å². The first-order valence-corrected chi connectivity index (χ1v) is 8.39. The normalized spacial score (nSPS) is 11.0. The zero-order valence-corrected chi connectivity index (χ0v) is 14.9. The number of phenolic OH excluding ortho intramolecular Hbond substituents is 1. The molecule has 0 saturated carbocycles. The quantitative estimate of drug-likeness (QED) is 0.466. The van der Waals surface area contributed by atoms with Crippen molar-refractivity contribution in [2.45, 2.75) is 13.5 Å². The van der Waals surface area contributed by atoms with Gasteiger partial charge in [0.15, 0.2) is 5.78 Å². The summed E-state index contributed by atoms with van der Waals surface area (Å²) in [5.41, 5.74) is 1.44. The molecule has 3 aromatic rings. The zero-order valence-electron chi connectivity index (χ0n) is 14.1. The number of phenols is 1. The molecule has 0 spiro atoms. The minimum absolute atomic E-state index is 0.120. The van der Waals surface area contributed by atoms with Crippen LogP contribution in [0.1, 0.15) is 27.4 Å². The van der Waals surface area contributed by atoms with Crippen LogP contribution in [0.25, 0.3) is 6.08 Å². The Kier molecular flexibility index (Phi) is 5.44. The smallest absolute Gasteiger partial charge is 0.185 e. The molecule has 0 amide bonds. The fourth-order valence-electron chi connectivity index (χ4n) is 2.38. The van der Waals surface area contributed by atoms with Gasteiger partial charge in [0.25, 0.3) is 0 Å². The summed E-state index contributed by atoms with van der Waals surface area (Å²) >= 11 is 6.13. The first-order valence-electron chi connectivity index (χ1n) is 8.01. The second kappa shape index (κ2) is 7.93. The molecule has 0 aliphatic carbocycles. The number of benzene rings is 2. The molecule has 0 radical (unpaired) electrons. The molecule has 4 nitrogen and oxygen atoms in total. The second-order valence-electron chi connectivity index (χ2n) is 5.72. The molecule has 0 atom stereocenters. The third-order valence-electron chi connectivity index (χ3n) is 3.76. The number of halogens is 1. The molecule has 26 heavy (non-hydrogen) atoms. The highest BCUT2D eigenvalue weighted by Gasteiger charge is 2.07. The van der Waals surface area contributed by atoms with E-state index in [1.165, 1.54) is 18.2 Å². The van der Waals surface area contributed by atoms with E-state index in [0.29, 0.717) is 27.9 Å². The third-order valence-corrected chi connectivity index (χ3v) is 4.05. The number of carbonyl (C=O) groups excluding carboxylic acids is 1. The fourth-order valence-corrected chi connectivity index (χ4v) is 2.66. The highest BCUT2D eigenvalue weighted by molar-refractivity contribution is 6.32. The van der Waals surface area contributed by atoms with Crippen molar-refractivity contribution in [1.82, 2.24) is 0 Å². The van der Waals surface area contributed by atoms with Crippen LogP contribution in [0.15, 0.2) is 65.1 Å². The zero-order chi connectivity index (χ0) is 18.5. The van der Waals surface area contributed by atoms with Gasteiger partial charge in [-0.3, -0.25) is 4.79 Å². The Hall–Kier alpha value is -2.98. The van der Waals surface area contributed by atoms with Crippen LogP contribution in [0.2, 0.25) is 5.02 Å². The molecule has 0 fully saturated rings. The molecule has 2 aromatic carbocycles. The van der Waals surface area contributed by atoms with Gasteiger partial charge in [-0.2, -0.15) is 0 Å². The number of carbonyl (C=O) groups is 1. The molecule has 1 heterocycles. The van der Waals surface area contributed by atoms with E-state index >= 15 is 0 Å². The molecule has 0 unspecified atom stereocenters. The summed E-state index contributed by atoms with van der Waals surface area (Å²) in [7, 11) is 0. The maximum atomic E-state index is 12.1. The molecular weight excluding hydrogens is 352 g/mol. The van der Waals surface area contributed by atoms with Gasteiger partial charge in [-0.1, -0.05) is 23.7 Å². The van der Waals surface area contributed by atoms with Gasteiger partial charge in [0.1, 0.15) is 29.6 Å². The van der Waals surface area contributed by atoms with Crippen LogP contribution in [0.3, 0.4) is 0 Å². The van der Waals surface area contributed by atoms with Gasteiger partial charge in [-0.05, 0) is 67.1 Å². The lowest BCUT2D eigenvalue weighted by molar-refractivity contribution is 0.104. The number of hydrogen-bond donors (Lipinski definition) is 1. The Bertz CT molecular complexity index is 919. The van der Waals surface area contributed by atoms with Crippen molar-refractivity contribution in [2.24, 2.45) is 0 Å². The maximum Gasteiger partial charge on any atom is 0.185 e. The van der Waals surface area contributed by atoms with Gasteiger partial charge in [-0.15, -0.1) is 0 Å². The SMILES string of the molecule is Cc1cccc(Cl)c1OCc1ccc(/C=C/C(=O)c2ccc(O)cc2)o1. The van der Waals surface area contributed by atoms with E-state index < -0.39 is 0 Å². The minimum atomic E-state index is -0.175. The monoisotopic (exact) mass is 368 g/mol. The highest BCUT2D eigenvalue weighted by atomic mass is 35.5. The standard InChI is InChI=1S/C21H17ClO4/c1-14-3-2-4-19(22)21(14)25-13-18-10-9-17(26-18)11-12-20(24)15-5-7-16(23)8-6-15/h2-12,23H,13H2,1H3/b12-11+. The number of ether oxygens (including phenoxy) is 1. The van der Waals surface area contributed by atoms with Crippen molar-refractivity contribution in [2.75, 3.05) is 0 Å². The average Bonchev–Trinajstić information content (AvgIpc) is 3.08. The lowest BCUT2D eigenvalue weighted by Crippen LogP contribution is -1.96. The van der Waals surface area contributed by atoms with E-state index in [-0.39, 0.29) is 18.1 Å². The Morgan fingerprint density at radius 1 is 1.15 bits per heavy atom. The maximum absolute atomic E-state index is 12.1. The molecule has 1 aromatic heterocycles. The van der Waals surface area contributed by atoms with E-state index in [9.17, 15) is 9.90 Å². The Morgan fingerprint density at radius 2 is 1.92 bits per heavy atom. The molecule has 0 saturated heterocycles. The number of furan rings is 1. The number of para-hydroxylation sites is 1. The topological polar surface area (TPSA) is 59.7 Å². The first kappa shape index (κ1) is 17.8. The summed E-state index contributed by atoms with van der Waals surface area (Å²) in [6.45, 7) is 2.16. The Balaban J connectivity index is 1.62. The molecular formula is C21H17ClO4. The highest BCUT2D eigenvalue weighted by Crippen LogP contribution is 2.28. The van der Waals surface area contributed by atoms with Gasteiger partial charge >= 0.3 is 0 Å². The summed E-state index contributed by atoms with van der Waals surface area (Å²) < 4.78 is 11.4. The average molecular weight is 369 g/mol. The molecule has 3 rings (SSSR count). The van der Waals surface area contributed by atoms with Crippen LogP contribution in [0.5, 0.6) is 11.5 Å². The predicted octanol–water partition coefficient (Wildman–Crippen LogP) is 5.42. The minimum Gasteiger partial charge on any atom is -0.508 e. The molecule has 0 aliphatic rings. The third kappa shape index (κ3) is 4.35. The van der Waals surface area contributed by atoms with Crippen molar-refractivity contribution in [3.8, 4) is 11.5 Å². The second-order valence-corrected chi connectivity index (χ2v) is 6.13. The van der Waals surface area contributed by atoms with E-state index in [0.717, 1.165) is 5.56 Å². The van der Waals surface area contributed by atoms with Gasteiger partial charge in [-0.25, -0.2) is 0 Å². The van der Waals surface area contributed by atoms with Crippen molar-refractivity contribution in [1.29, 1.82) is 0 Å². The fraction of sp³-hybridized carbons (Fsp3) is 0.0952. The summed E-state index contributed by atoms with van der Waals surface area (Å²) in [4.78, 5) is 12.1. The molecule has 0 bridgehead atoms. The summed E-state index contributed by atoms with van der Waals surface area (Å²) in [5.74, 6) is 1.75. The molecule has 0 aliphatic heterocycles. The summed E-state index contributed by atoms with van der Waals surface area (Å²) in [6, 6.07) is 15.2. The van der Waals surface area contributed by atoms with E-state index in [1.807, 2.05) is 19.1 Å². The number of ketones is 1. The van der Waals surface area contributed by atoms with Gasteiger partial charge < -0.3 is 14.3 Å². The van der Waals surface area contributed by atoms with E-state index in [2.05, 4.69) is 0 Å². The molecule has 1 N–H and O–H groups in total. The van der Waals surface area contributed by atoms with Crippen LogP contribution < -0.4 is 4.74 Å². The lowest BCUT2D eigenvalue weighted by Gasteiger charge is -2.09. The van der Waals surface area contributed by atoms with Gasteiger partial charge in [0.05, 0.1) is 5.02 Å². The number of allylic oxidation sites excluding steroid dienone is 1. The largest absolute Gasteiger partial charge is 0.508 e. The van der Waals surface area contributed by atoms with Crippen LogP contribution >= 0.6 is 11.6 Å². The van der Waals surface area contributed by atoms with Crippen molar-refractivity contribution >= 4 is 23.5 Å². The molecule has 5 heteroatoms. The summed E-state index contributed by atoms with van der Waals surface area (Å²) in [5, 5.41) is 9.80. The van der Waals surface area contributed by atoms with Gasteiger partial charge in [0.2, 0.25) is 0 Å². The van der Waals surface area contributed by atoms with Crippen molar-refractivity contribution < 1.29 is 19.1 Å². The lowest BCUT2D eigenvalue weighted by atomic mass is 10.1. The predicted molar refractivity (Wildman–Crippen MR) is 101 cm³/mol. The van der Waals surface area contributed by atoms with Crippen molar-refractivity contribution in [3.05, 3.63) is 88.3 Å². The van der Waals surface area contributed by atoms with E-state index in [1.54, 1.807) is 36.4 Å². The summed E-state index contributed by atoms with van der Waals surface area (Å²) in [6.07, 6.45) is 3.02. The van der Waals surface area contributed by atoms with Gasteiger partial charge in [0, 0.05) is 5.56 Å². The number of aryl methyl sites for hydroxylation is 1. The van der Waals surface area contributed by atoms with E-state index in [4.69, 9.17) is 20.8 Å². The first-order chi connectivity index (χ1) is 12.5. The Labute approximate surface area is 156 Å². The van der Waals surface area contributed by atoms with Crippen LogP contribution in [-0.2, 0) is 6.61 Å². The van der Waals surface area contributed by atoms with Crippen LogP contribution in [0, 0.1) is 6.92 Å². The van der Waals surface area contributed by atoms with Crippen LogP contribution in [0.4, 0.5) is 0 Å². The number of rotatable bonds is 6.